The minimum absolute atomic E-state index is 0.00342. The molecule has 2 amide bonds. The maximum absolute atomic E-state index is 11.9. The lowest BCUT2D eigenvalue weighted by molar-refractivity contribution is -0.124. The van der Waals surface area contributed by atoms with Crippen LogP contribution in [0.3, 0.4) is 0 Å². The molecule has 0 bridgehead atoms. The van der Waals surface area contributed by atoms with E-state index in [1.807, 2.05) is 35.8 Å². The second-order valence-electron chi connectivity index (χ2n) is 4.77. The monoisotopic (exact) mass is 304 g/mol. The van der Waals surface area contributed by atoms with Crippen molar-refractivity contribution in [2.24, 2.45) is 0 Å². The van der Waals surface area contributed by atoms with Gasteiger partial charge in [-0.2, -0.15) is 0 Å². The van der Waals surface area contributed by atoms with E-state index in [2.05, 4.69) is 15.6 Å². The molecule has 1 aromatic heterocycles. The predicted octanol–water partition coefficient (Wildman–Crippen LogP) is 0.435. The Kier molecular flexibility index (Phi) is 5.48. The van der Waals surface area contributed by atoms with E-state index < -0.39 is 0 Å². The molecule has 7 nitrogen and oxygen atoms in total. The van der Waals surface area contributed by atoms with Crippen LogP contribution in [0.2, 0.25) is 0 Å². The standard InChI is InChI=1S/C15H20N4O3/c1-3-16-14(20)9-19-12-7-5-4-6-11(12)18-13(19)8-17-15(21)10-22-2/h4-7H,3,8-10H2,1-2H3,(H,16,20)(H,17,21). The van der Waals surface area contributed by atoms with Crippen molar-refractivity contribution in [3.05, 3.63) is 30.1 Å². The topological polar surface area (TPSA) is 85.2 Å². The van der Waals surface area contributed by atoms with Crippen molar-refractivity contribution in [1.82, 2.24) is 20.2 Å². The van der Waals surface area contributed by atoms with Gasteiger partial charge in [0, 0.05) is 13.7 Å². The number of rotatable bonds is 7. The second-order valence-corrected chi connectivity index (χ2v) is 4.77. The highest BCUT2D eigenvalue weighted by Gasteiger charge is 2.13. The van der Waals surface area contributed by atoms with Crippen molar-refractivity contribution >= 4 is 22.8 Å². The summed E-state index contributed by atoms with van der Waals surface area (Å²) in [6, 6.07) is 7.57. The number of carbonyl (C=O) groups is 2. The van der Waals surface area contributed by atoms with E-state index in [1.165, 1.54) is 7.11 Å². The van der Waals surface area contributed by atoms with Crippen LogP contribution in [-0.4, -0.2) is 41.6 Å². The van der Waals surface area contributed by atoms with Crippen LogP contribution in [0.4, 0.5) is 0 Å². The molecule has 1 heterocycles. The van der Waals surface area contributed by atoms with E-state index in [9.17, 15) is 9.59 Å². The maximum atomic E-state index is 11.9. The summed E-state index contributed by atoms with van der Waals surface area (Å²) >= 11 is 0. The zero-order valence-corrected chi connectivity index (χ0v) is 12.8. The highest BCUT2D eigenvalue weighted by atomic mass is 16.5. The number of imidazole rings is 1. The maximum Gasteiger partial charge on any atom is 0.246 e. The number of hydrogen-bond acceptors (Lipinski definition) is 4. The number of benzene rings is 1. The largest absolute Gasteiger partial charge is 0.375 e. The van der Waals surface area contributed by atoms with Crippen LogP contribution in [0, 0.1) is 0 Å². The Morgan fingerprint density at radius 3 is 2.73 bits per heavy atom. The minimum atomic E-state index is -0.223. The summed E-state index contributed by atoms with van der Waals surface area (Å²) in [6.07, 6.45) is 0. The second kappa shape index (κ2) is 7.56. The summed E-state index contributed by atoms with van der Waals surface area (Å²) in [5.41, 5.74) is 1.66. The summed E-state index contributed by atoms with van der Waals surface area (Å²) in [6.45, 7) is 2.86. The van der Waals surface area contributed by atoms with Gasteiger partial charge < -0.3 is 19.9 Å². The molecule has 0 atom stereocenters. The average molecular weight is 304 g/mol. The van der Waals surface area contributed by atoms with Crippen molar-refractivity contribution in [1.29, 1.82) is 0 Å². The Morgan fingerprint density at radius 2 is 2.00 bits per heavy atom. The van der Waals surface area contributed by atoms with Gasteiger partial charge in [0.05, 0.1) is 17.6 Å². The van der Waals surface area contributed by atoms with Gasteiger partial charge in [-0.25, -0.2) is 4.98 Å². The predicted molar refractivity (Wildman–Crippen MR) is 82.1 cm³/mol. The Morgan fingerprint density at radius 1 is 1.23 bits per heavy atom. The Bertz CT molecular complexity index is 666. The summed E-state index contributed by atoms with van der Waals surface area (Å²) in [5.74, 6) is 0.325. The molecule has 0 spiro atoms. The van der Waals surface area contributed by atoms with Gasteiger partial charge in [-0.15, -0.1) is 0 Å². The molecule has 0 radical (unpaired) electrons. The fraction of sp³-hybridized carbons (Fsp3) is 0.400. The SMILES string of the molecule is CCNC(=O)Cn1c(CNC(=O)COC)nc2ccccc21. The lowest BCUT2D eigenvalue weighted by Gasteiger charge is -2.10. The Hall–Kier alpha value is -2.41. The van der Waals surface area contributed by atoms with E-state index in [1.54, 1.807) is 0 Å². The van der Waals surface area contributed by atoms with Crippen LogP contribution in [0.25, 0.3) is 11.0 Å². The number of nitrogens with zero attached hydrogens (tertiary/aromatic N) is 2. The molecule has 118 valence electrons. The molecular formula is C15H20N4O3. The first-order valence-electron chi connectivity index (χ1n) is 7.12. The third-order valence-electron chi connectivity index (χ3n) is 3.13. The highest BCUT2D eigenvalue weighted by molar-refractivity contribution is 5.81. The van der Waals surface area contributed by atoms with Gasteiger partial charge in [0.1, 0.15) is 19.0 Å². The molecule has 0 aliphatic carbocycles. The number of nitrogens with one attached hydrogen (secondary N) is 2. The quantitative estimate of drug-likeness (QED) is 0.777. The summed E-state index contributed by atoms with van der Waals surface area (Å²) in [4.78, 5) is 27.9. The molecule has 2 rings (SSSR count). The van der Waals surface area contributed by atoms with Gasteiger partial charge in [0.2, 0.25) is 11.8 Å². The van der Waals surface area contributed by atoms with Gasteiger partial charge >= 0.3 is 0 Å². The molecule has 0 fully saturated rings. The summed E-state index contributed by atoms with van der Waals surface area (Å²) in [7, 11) is 1.46. The first kappa shape index (κ1) is 16.0. The van der Waals surface area contributed by atoms with Crippen LogP contribution >= 0.6 is 0 Å². The van der Waals surface area contributed by atoms with E-state index in [0.717, 1.165) is 11.0 Å². The van der Waals surface area contributed by atoms with Crippen molar-refractivity contribution in [3.8, 4) is 0 Å². The van der Waals surface area contributed by atoms with Gasteiger partial charge in [-0.05, 0) is 19.1 Å². The summed E-state index contributed by atoms with van der Waals surface area (Å²) < 4.78 is 6.59. The number of hydrogen-bond donors (Lipinski definition) is 2. The lowest BCUT2D eigenvalue weighted by atomic mass is 10.3. The molecular weight excluding hydrogens is 284 g/mol. The molecule has 0 unspecified atom stereocenters. The third kappa shape index (κ3) is 3.82. The number of likely N-dealkylation sites (N-methyl/N-ethyl adjacent to an activating group) is 1. The van der Waals surface area contributed by atoms with Crippen molar-refractivity contribution in [2.75, 3.05) is 20.3 Å². The first-order chi connectivity index (χ1) is 10.7. The van der Waals surface area contributed by atoms with Gasteiger partial charge in [0.15, 0.2) is 0 Å². The number of para-hydroxylation sites is 2. The minimum Gasteiger partial charge on any atom is -0.375 e. The number of aromatic nitrogens is 2. The molecule has 0 aliphatic heterocycles. The number of amides is 2. The zero-order chi connectivity index (χ0) is 15.9. The van der Waals surface area contributed by atoms with Crippen LogP contribution in [0.15, 0.2) is 24.3 Å². The molecule has 0 saturated carbocycles. The van der Waals surface area contributed by atoms with E-state index in [0.29, 0.717) is 12.4 Å². The number of methoxy groups -OCH3 is 1. The van der Waals surface area contributed by atoms with Gasteiger partial charge in [0.25, 0.3) is 0 Å². The van der Waals surface area contributed by atoms with Gasteiger partial charge in [-0.3, -0.25) is 9.59 Å². The lowest BCUT2D eigenvalue weighted by Crippen LogP contribution is -2.30. The van der Waals surface area contributed by atoms with Crippen molar-refractivity contribution in [2.45, 2.75) is 20.0 Å². The number of fused-ring (bicyclic) bond motifs is 1. The first-order valence-corrected chi connectivity index (χ1v) is 7.12. The van der Waals surface area contributed by atoms with Crippen LogP contribution < -0.4 is 10.6 Å². The Balaban J connectivity index is 2.23. The van der Waals surface area contributed by atoms with Crippen LogP contribution in [0.5, 0.6) is 0 Å². The zero-order valence-electron chi connectivity index (χ0n) is 12.8. The normalized spacial score (nSPS) is 10.6. The molecule has 0 aliphatic rings. The van der Waals surface area contributed by atoms with Crippen molar-refractivity contribution in [3.63, 3.8) is 0 Å². The molecule has 22 heavy (non-hydrogen) atoms. The fourth-order valence-electron chi connectivity index (χ4n) is 2.19. The molecule has 2 N–H and O–H groups in total. The average Bonchev–Trinajstić information content (AvgIpc) is 2.84. The Labute approximate surface area is 128 Å². The smallest absolute Gasteiger partial charge is 0.246 e. The molecule has 2 aromatic rings. The highest BCUT2D eigenvalue weighted by Crippen LogP contribution is 2.15. The molecule has 0 saturated heterocycles. The van der Waals surface area contributed by atoms with E-state index >= 15 is 0 Å². The van der Waals surface area contributed by atoms with E-state index in [4.69, 9.17) is 4.74 Å². The van der Waals surface area contributed by atoms with Gasteiger partial charge in [-0.1, -0.05) is 12.1 Å². The fourth-order valence-corrected chi connectivity index (χ4v) is 2.19. The number of ether oxygens (including phenoxy) is 1. The molecule has 7 heteroatoms. The third-order valence-corrected chi connectivity index (χ3v) is 3.13. The van der Waals surface area contributed by atoms with Crippen LogP contribution in [0.1, 0.15) is 12.7 Å². The number of carbonyl (C=O) groups excluding carboxylic acids is 2. The molecule has 1 aromatic carbocycles. The van der Waals surface area contributed by atoms with Crippen LogP contribution in [-0.2, 0) is 27.4 Å². The van der Waals surface area contributed by atoms with E-state index in [-0.39, 0.29) is 31.5 Å². The van der Waals surface area contributed by atoms with Crippen molar-refractivity contribution < 1.29 is 14.3 Å². The summed E-state index contributed by atoms with van der Waals surface area (Å²) in [5, 5.41) is 5.49.